The van der Waals surface area contributed by atoms with Crippen molar-refractivity contribution in [2.45, 2.75) is 51.0 Å². The summed E-state index contributed by atoms with van der Waals surface area (Å²) in [7, 11) is 0. The van der Waals surface area contributed by atoms with Gasteiger partial charge in [-0.15, -0.1) is 11.3 Å². The Labute approximate surface area is 131 Å². The molecule has 0 radical (unpaired) electrons. The highest BCUT2D eigenvalue weighted by Gasteiger charge is 2.29. The fourth-order valence-corrected chi connectivity index (χ4v) is 4.15. The van der Waals surface area contributed by atoms with Gasteiger partial charge in [0, 0.05) is 22.9 Å². The minimum Gasteiger partial charge on any atom is -0.311 e. The summed E-state index contributed by atoms with van der Waals surface area (Å²) in [5, 5.41) is 7.28. The first-order chi connectivity index (χ1) is 10.3. The van der Waals surface area contributed by atoms with Gasteiger partial charge in [0.15, 0.2) is 0 Å². The lowest BCUT2D eigenvalue weighted by Crippen LogP contribution is -2.46. The molecule has 0 amide bonds. The predicted molar refractivity (Wildman–Crippen MR) is 90.7 cm³/mol. The van der Waals surface area contributed by atoms with Crippen molar-refractivity contribution in [3.8, 4) is 11.3 Å². The molecule has 1 atom stereocenters. The number of thiazole rings is 1. The molecule has 1 saturated heterocycles. The van der Waals surface area contributed by atoms with Crippen LogP contribution in [0, 0.1) is 0 Å². The van der Waals surface area contributed by atoms with E-state index >= 15 is 0 Å². The van der Waals surface area contributed by atoms with Crippen LogP contribution in [0.3, 0.4) is 0 Å². The van der Waals surface area contributed by atoms with Gasteiger partial charge in [-0.1, -0.05) is 50.1 Å². The third kappa shape index (κ3) is 3.53. The lowest BCUT2D eigenvalue weighted by atomic mass is 9.87. The van der Waals surface area contributed by atoms with Gasteiger partial charge in [-0.05, 0) is 25.8 Å². The first kappa shape index (κ1) is 14.7. The molecule has 1 unspecified atom stereocenters. The van der Waals surface area contributed by atoms with Gasteiger partial charge in [-0.2, -0.15) is 0 Å². The quantitative estimate of drug-likeness (QED) is 0.888. The second-order valence-corrected chi connectivity index (χ2v) is 6.98. The van der Waals surface area contributed by atoms with E-state index in [0.29, 0.717) is 0 Å². The number of hydrogen-bond acceptors (Lipinski definition) is 3. The third-order valence-electron chi connectivity index (χ3n) is 4.62. The number of nitrogens with zero attached hydrogens (tertiary/aromatic N) is 1. The summed E-state index contributed by atoms with van der Waals surface area (Å²) in [6.07, 6.45) is 7.56. The Bertz CT molecular complexity index is 554. The fraction of sp³-hybridized carbons (Fsp3) is 0.500. The van der Waals surface area contributed by atoms with Crippen LogP contribution in [0.25, 0.3) is 11.3 Å². The van der Waals surface area contributed by atoms with E-state index < -0.39 is 0 Å². The number of aromatic nitrogens is 1. The Balaban J connectivity index is 1.76. The first-order valence-corrected chi connectivity index (χ1v) is 8.94. The first-order valence-electron chi connectivity index (χ1n) is 8.06. The van der Waals surface area contributed by atoms with Gasteiger partial charge in [-0.3, -0.25) is 0 Å². The van der Waals surface area contributed by atoms with E-state index in [9.17, 15) is 0 Å². The van der Waals surface area contributed by atoms with Crippen molar-refractivity contribution in [1.82, 2.24) is 10.3 Å². The van der Waals surface area contributed by atoms with Crippen LogP contribution in [-0.2, 0) is 6.42 Å². The zero-order valence-electron chi connectivity index (χ0n) is 12.8. The van der Waals surface area contributed by atoms with E-state index in [-0.39, 0.29) is 5.54 Å². The van der Waals surface area contributed by atoms with E-state index in [0.717, 1.165) is 18.7 Å². The summed E-state index contributed by atoms with van der Waals surface area (Å²) in [5.74, 6) is 0. The van der Waals surface area contributed by atoms with Crippen LogP contribution in [0.5, 0.6) is 0 Å². The van der Waals surface area contributed by atoms with E-state index in [1.165, 1.54) is 42.7 Å². The zero-order valence-corrected chi connectivity index (χ0v) is 13.6. The van der Waals surface area contributed by atoms with Gasteiger partial charge in [0.25, 0.3) is 0 Å². The van der Waals surface area contributed by atoms with Gasteiger partial charge in [0.05, 0.1) is 10.7 Å². The second-order valence-electron chi connectivity index (χ2n) is 6.04. The Morgan fingerprint density at radius 2 is 2.05 bits per heavy atom. The van der Waals surface area contributed by atoms with Crippen molar-refractivity contribution in [2.75, 3.05) is 6.54 Å². The second kappa shape index (κ2) is 6.71. The Morgan fingerprint density at radius 3 is 2.86 bits per heavy atom. The van der Waals surface area contributed by atoms with Crippen molar-refractivity contribution in [3.63, 3.8) is 0 Å². The summed E-state index contributed by atoms with van der Waals surface area (Å²) < 4.78 is 0. The van der Waals surface area contributed by atoms with E-state index in [1.807, 2.05) is 11.3 Å². The highest BCUT2D eigenvalue weighted by Crippen LogP contribution is 2.29. The lowest BCUT2D eigenvalue weighted by molar-refractivity contribution is 0.302. The molecule has 0 saturated carbocycles. The van der Waals surface area contributed by atoms with Gasteiger partial charge in [0.1, 0.15) is 0 Å². The summed E-state index contributed by atoms with van der Waals surface area (Å²) >= 11 is 1.81. The maximum absolute atomic E-state index is 4.88. The molecule has 0 bridgehead atoms. The molecule has 2 aromatic rings. The summed E-state index contributed by atoms with van der Waals surface area (Å²) in [4.78, 5) is 4.88. The number of benzene rings is 1. The average Bonchev–Trinajstić information content (AvgIpc) is 2.86. The maximum Gasteiger partial charge on any atom is 0.0950 e. The largest absolute Gasteiger partial charge is 0.311 e. The maximum atomic E-state index is 4.88. The number of nitrogens with one attached hydrogen (secondary N) is 1. The van der Waals surface area contributed by atoms with Gasteiger partial charge in [0.2, 0.25) is 0 Å². The molecule has 1 N–H and O–H groups in total. The van der Waals surface area contributed by atoms with Crippen LogP contribution in [-0.4, -0.2) is 17.1 Å². The molecule has 0 spiro atoms. The van der Waals surface area contributed by atoms with E-state index in [4.69, 9.17) is 4.98 Å². The van der Waals surface area contributed by atoms with Gasteiger partial charge in [-0.25, -0.2) is 4.98 Å². The van der Waals surface area contributed by atoms with Crippen LogP contribution < -0.4 is 5.32 Å². The molecular weight excluding hydrogens is 276 g/mol. The summed E-state index contributed by atoms with van der Waals surface area (Å²) in [6, 6.07) is 10.5. The minimum absolute atomic E-state index is 0.266. The Kier molecular flexibility index (Phi) is 4.71. The number of hydrogen-bond donors (Lipinski definition) is 1. The van der Waals surface area contributed by atoms with Crippen molar-refractivity contribution in [2.24, 2.45) is 0 Å². The molecule has 3 heteroatoms. The number of rotatable bonds is 4. The Morgan fingerprint density at radius 1 is 1.19 bits per heavy atom. The van der Waals surface area contributed by atoms with Crippen molar-refractivity contribution in [1.29, 1.82) is 0 Å². The van der Waals surface area contributed by atoms with Crippen molar-refractivity contribution < 1.29 is 0 Å². The van der Waals surface area contributed by atoms with Gasteiger partial charge < -0.3 is 5.32 Å². The molecule has 1 aromatic heterocycles. The van der Waals surface area contributed by atoms with Crippen LogP contribution in [0.1, 0.15) is 44.0 Å². The fourth-order valence-electron chi connectivity index (χ4n) is 3.21. The molecule has 1 aliphatic rings. The van der Waals surface area contributed by atoms with E-state index in [1.54, 1.807) is 0 Å². The summed E-state index contributed by atoms with van der Waals surface area (Å²) in [6.45, 7) is 3.47. The van der Waals surface area contributed by atoms with Crippen LogP contribution in [0.2, 0.25) is 0 Å². The molecule has 112 valence electrons. The van der Waals surface area contributed by atoms with E-state index in [2.05, 4.69) is 48.0 Å². The third-order valence-corrected chi connectivity index (χ3v) is 5.47. The molecular formula is C18H24N2S. The van der Waals surface area contributed by atoms with Crippen molar-refractivity contribution >= 4 is 11.3 Å². The summed E-state index contributed by atoms with van der Waals surface area (Å²) in [5.41, 5.74) is 2.61. The topological polar surface area (TPSA) is 24.9 Å². The standard InChI is InChI=1S/C18H24N2S/c1-2-18(11-7-4-8-12-19-18)13-17-20-16(14-21-17)15-9-5-3-6-10-15/h3,5-6,9-10,14,19H,2,4,7-8,11-13H2,1H3. The SMILES string of the molecule is CCC1(Cc2nc(-c3ccccc3)cs2)CCCCCN1. The average molecular weight is 300 g/mol. The zero-order chi connectivity index (χ0) is 14.5. The molecule has 2 heterocycles. The monoisotopic (exact) mass is 300 g/mol. The highest BCUT2D eigenvalue weighted by molar-refractivity contribution is 7.09. The predicted octanol–water partition coefficient (Wildman–Crippen LogP) is 4.67. The molecule has 0 aliphatic carbocycles. The lowest BCUT2D eigenvalue weighted by Gasteiger charge is -2.32. The molecule has 1 aliphatic heterocycles. The van der Waals surface area contributed by atoms with Crippen LogP contribution in [0.15, 0.2) is 35.7 Å². The van der Waals surface area contributed by atoms with Crippen molar-refractivity contribution in [3.05, 3.63) is 40.7 Å². The normalized spacial score (nSPS) is 22.9. The molecule has 3 rings (SSSR count). The molecule has 21 heavy (non-hydrogen) atoms. The van der Waals surface area contributed by atoms with Gasteiger partial charge >= 0.3 is 0 Å². The smallest absolute Gasteiger partial charge is 0.0950 e. The minimum atomic E-state index is 0.266. The highest BCUT2D eigenvalue weighted by atomic mass is 32.1. The van der Waals surface area contributed by atoms with Crippen LogP contribution in [0.4, 0.5) is 0 Å². The Hall–Kier alpha value is -1.19. The molecule has 1 aromatic carbocycles. The molecule has 1 fully saturated rings. The molecule has 2 nitrogen and oxygen atoms in total. The van der Waals surface area contributed by atoms with Crippen LogP contribution >= 0.6 is 11.3 Å².